The van der Waals surface area contributed by atoms with Crippen LogP contribution in [0.15, 0.2) is 36.1 Å². The fourth-order valence-electron chi connectivity index (χ4n) is 3.31. The molecular weight excluding hydrogens is 387 g/mol. The zero-order valence-electron chi connectivity index (χ0n) is 16.1. The zero-order valence-corrected chi connectivity index (χ0v) is 16.1. The number of aliphatic hydroxyl groups is 1. The van der Waals surface area contributed by atoms with Gasteiger partial charge in [0, 0.05) is 25.0 Å². The molecule has 8 heteroatoms. The number of carbonyl (C=O) groups is 1. The van der Waals surface area contributed by atoms with E-state index in [-0.39, 0.29) is 30.2 Å². The molecule has 5 nitrogen and oxygen atoms in total. The summed E-state index contributed by atoms with van der Waals surface area (Å²) in [6, 6.07) is 5.09. The van der Waals surface area contributed by atoms with Gasteiger partial charge in [-0.3, -0.25) is 4.79 Å². The molecule has 0 spiro atoms. The van der Waals surface area contributed by atoms with Crippen LogP contribution in [0.3, 0.4) is 0 Å². The molecule has 1 heterocycles. The Labute approximate surface area is 167 Å². The minimum atomic E-state index is -4.39. The summed E-state index contributed by atoms with van der Waals surface area (Å²) in [5.74, 6) is -0.480. The van der Waals surface area contributed by atoms with E-state index < -0.39 is 18.0 Å². The molecule has 0 radical (unpaired) electrons. The van der Waals surface area contributed by atoms with Crippen molar-refractivity contribution in [3.05, 3.63) is 47.2 Å². The van der Waals surface area contributed by atoms with Gasteiger partial charge in [0.2, 0.25) is 6.29 Å². The molecule has 1 fully saturated rings. The van der Waals surface area contributed by atoms with Crippen molar-refractivity contribution in [1.29, 1.82) is 0 Å². The maximum absolute atomic E-state index is 12.8. The van der Waals surface area contributed by atoms with Crippen molar-refractivity contribution < 1.29 is 32.5 Å². The minimum Gasteiger partial charge on any atom is -0.459 e. The van der Waals surface area contributed by atoms with Crippen LogP contribution >= 0.6 is 0 Å². The standard InChI is InChI=1S/C21H26F3NO4/c22-21(23,24)16-8-6-14(7-9-16)15-12-18(20(27)25-17-4-3-5-17)29-19(13-15)28-11-2-1-10-26/h6-9,12,15,17,19,26H,1-5,10-11,13H2,(H,25,27)/t15-,19+/m0/s1. The summed E-state index contributed by atoms with van der Waals surface area (Å²) < 4.78 is 49.9. The van der Waals surface area contributed by atoms with Crippen LogP contribution in [-0.4, -0.2) is 36.6 Å². The highest BCUT2D eigenvalue weighted by Crippen LogP contribution is 2.34. The number of carbonyl (C=O) groups excluding carboxylic acids is 1. The number of alkyl halides is 3. The molecule has 0 bridgehead atoms. The number of aliphatic hydroxyl groups excluding tert-OH is 1. The van der Waals surface area contributed by atoms with Crippen molar-refractivity contribution >= 4 is 5.91 Å². The van der Waals surface area contributed by atoms with Gasteiger partial charge in [-0.2, -0.15) is 13.2 Å². The minimum absolute atomic E-state index is 0.0675. The molecule has 1 aromatic rings. The molecule has 1 aliphatic carbocycles. The average molecular weight is 413 g/mol. The zero-order chi connectivity index (χ0) is 20.9. The molecule has 1 aromatic carbocycles. The number of rotatable bonds is 8. The Morgan fingerprint density at radius 1 is 1.21 bits per heavy atom. The molecule has 0 saturated heterocycles. The SMILES string of the molecule is O=C(NC1CCC1)C1=C[C@H](c2ccc(C(F)(F)F)cc2)C[C@H](OCCCCO)O1. The fourth-order valence-corrected chi connectivity index (χ4v) is 3.31. The summed E-state index contributed by atoms with van der Waals surface area (Å²) in [5.41, 5.74) is -0.0451. The monoisotopic (exact) mass is 413 g/mol. The first-order chi connectivity index (χ1) is 13.9. The second-order valence-electron chi connectivity index (χ2n) is 7.44. The molecule has 0 unspecified atom stereocenters. The van der Waals surface area contributed by atoms with E-state index in [0.717, 1.165) is 31.4 Å². The van der Waals surface area contributed by atoms with Crippen LogP contribution in [0.2, 0.25) is 0 Å². The molecule has 160 valence electrons. The fraction of sp³-hybridized carbons (Fsp3) is 0.571. The Morgan fingerprint density at radius 2 is 1.93 bits per heavy atom. The predicted octanol–water partition coefficient (Wildman–Crippen LogP) is 3.88. The number of benzene rings is 1. The summed E-state index contributed by atoms with van der Waals surface area (Å²) in [6.07, 6.45) is 1.17. The molecule has 0 aromatic heterocycles. The number of halogens is 3. The summed E-state index contributed by atoms with van der Waals surface area (Å²) in [4.78, 5) is 12.5. The summed E-state index contributed by atoms with van der Waals surface area (Å²) >= 11 is 0. The Bertz CT molecular complexity index is 714. The Kier molecular flexibility index (Phi) is 7.18. The Morgan fingerprint density at radius 3 is 2.52 bits per heavy atom. The predicted molar refractivity (Wildman–Crippen MR) is 99.8 cm³/mol. The first-order valence-corrected chi connectivity index (χ1v) is 9.96. The smallest absolute Gasteiger partial charge is 0.416 e. The van der Waals surface area contributed by atoms with Crippen LogP contribution in [0.25, 0.3) is 0 Å². The quantitative estimate of drug-likeness (QED) is 0.635. The third-order valence-corrected chi connectivity index (χ3v) is 5.24. The third kappa shape index (κ3) is 5.96. The van der Waals surface area contributed by atoms with Crippen LogP contribution in [0, 0.1) is 0 Å². The van der Waals surface area contributed by atoms with Gasteiger partial charge in [0.15, 0.2) is 5.76 Å². The molecule has 1 amide bonds. The van der Waals surface area contributed by atoms with Gasteiger partial charge in [0.25, 0.3) is 5.91 Å². The number of hydrogen-bond donors (Lipinski definition) is 2. The summed E-state index contributed by atoms with van der Waals surface area (Å²) in [7, 11) is 0. The Balaban J connectivity index is 1.73. The van der Waals surface area contributed by atoms with E-state index >= 15 is 0 Å². The number of hydrogen-bond acceptors (Lipinski definition) is 4. The van der Waals surface area contributed by atoms with Crippen molar-refractivity contribution in [2.24, 2.45) is 0 Å². The lowest BCUT2D eigenvalue weighted by Gasteiger charge is -2.31. The van der Waals surface area contributed by atoms with E-state index in [0.29, 0.717) is 31.4 Å². The van der Waals surface area contributed by atoms with Gasteiger partial charge in [-0.05, 0) is 55.9 Å². The van der Waals surface area contributed by atoms with Crippen molar-refractivity contribution in [3.8, 4) is 0 Å². The highest BCUT2D eigenvalue weighted by molar-refractivity contribution is 5.92. The first kappa shape index (κ1) is 21.6. The van der Waals surface area contributed by atoms with E-state index in [2.05, 4.69) is 5.32 Å². The van der Waals surface area contributed by atoms with Crippen LogP contribution in [0.1, 0.15) is 55.6 Å². The van der Waals surface area contributed by atoms with Crippen molar-refractivity contribution in [3.63, 3.8) is 0 Å². The van der Waals surface area contributed by atoms with E-state index in [1.54, 1.807) is 6.08 Å². The van der Waals surface area contributed by atoms with Gasteiger partial charge in [0.05, 0.1) is 12.2 Å². The van der Waals surface area contributed by atoms with Crippen molar-refractivity contribution in [2.75, 3.05) is 13.2 Å². The second kappa shape index (κ2) is 9.63. The second-order valence-corrected chi connectivity index (χ2v) is 7.44. The van der Waals surface area contributed by atoms with E-state index in [9.17, 15) is 18.0 Å². The molecule has 1 saturated carbocycles. The number of unbranched alkanes of at least 4 members (excludes halogenated alkanes) is 1. The highest BCUT2D eigenvalue weighted by atomic mass is 19.4. The first-order valence-electron chi connectivity index (χ1n) is 9.96. The highest BCUT2D eigenvalue weighted by Gasteiger charge is 2.32. The summed E-state index contributed by atoms with van der Waals surface area (Å²) in [6.45, 7) is 0.431. The molecular formula is C21H26F3NO4. The molecule has 3 rings (SSSR count). The molecule has 2 N–H and O–H groups in total. The number of nitrogens with one attached hydrogen (secondary N) is 1. The van der Waals surface area contributed by atoms with Crippen LogP contribution < -0.4 is 5.32 Å². The van der Waals surface area contributed by atoms with Crippen molar-refractivity contribution in [1.82, 2.24) is 5.32 Å². The normalized spacial score (nSPS) is 22.4. The maximum Gasteiger partial charge on any atom is 0.416 e. The van der Waals surface area contributed by atoms with Crippen LogP contribution in [0.5, 0.6) is 0 Å². The maximum atomic E-state index is 12.8. The molecule has 2 atom stereocenters. The van der Waals surface area contributed by atoms with Gasteiger partial charge < -0.3 is 19.9 Å². The largest absolute Gasteiger partial charge is 0.459 e. The van der Waals surface area contributed by atoms with Gasteiger partial charge in [-0.15, -0.1) is 0 Å². The van der Waals surface area contributed by atoms with Gasteiger partial charge in [0.1, 0.15) is 0 Å². The lowest BCUT2D eigenvalue weighted by Crippen LogP contribution is -2.42. The lowest BCUT2D eigenvalue weighted by molar-refractivity contribution is -0.147. The van der Waals surface area contributed by atoms with Gasteiger partial charge >= 0.3 is 6.18 Å². The average Bonchev–Trinajstić information content (AvgIpc) is 2.67. The topological polar surface area (TPSA) is 67.8 Å². The third-order valence-electron chi connectivity index (χ3n) is 5.24. The Hall–Kier alpha value is -2.06. The summed E-state index contributed by atoms with van der Waals surface area (Å²) in [5, 5.41) is 11.8. The van der Waals surface area contributed by atoms with Crippen LogP contribution in [0.4, 0.5) is 13.2 Å². The molecule has 1 aliphatic heterocycles. The van der Waals surface area contributed by atoms with Crippen LogP contribution in [-0.2, 0) is 20.4 Å². The van der Waals surface area contributed by atoms with Gasteiger partial charge in [-0.25, -0.2) is 0 Å². The number of allylic oxidation sites excluding steroid dienone is 1. The van der Waals surface area contributed by atoms with E-state index in [1.807, 2.05) is 0 Å². The van der Waals surface area contributed by atoms with Gasteiger partial charge in [-0.1, -0.05) is 12.1 Å². The van der Waals surface area contributed by atoms with E-state index in [4.69, 9.17) is 14.6 Å². The molecule has 29 heavy (non-hydrogen) atoms. The number of amides is 1. The number of ether oxygens (including phenoxy) is 2. The molecule has 2 aliphatic rings. The van der Waals surface area contributed by atoms with Crippen molar-refractivity contribution in [2.45, 2.75) is 63.0 Å². The van der Waals surface area contributed by atoms with E-state index in [1.165, 1.54) is 12.1 Å². The lowest BCUT2D eigenvalue weighted by atomic mass is 9.91.